The Morgan fingerprint density at radius 2 is 2.14 bits per heavy atom. The van der Waals surface area contributed by atoms with Crippen molar-refractivity contribution in [1.82, 2.24) is 4.72 Å². The molecule has 0 fully saturated rings. The van der Waals surface area contributed by atoms with E-state index in [9.17, 15) is 8.42 Å². The maximum atomic E-state index is 12.5. The third kappa shape index (κ3) is 3.01. The van der Waals surface area contributed by atoms with Crippen LogP contribution in [-0.4, -0.2) is 8.42 Å². The minimum atomic E-state index is -3.55. The van der Waals surface area contributed by atoms with E-state index in [1.54, 1.807) is 17.4 Å². The summed E-state index contributed by atoms with van der Waals surface area (Å²) in [4.78, 5) is 1.51. The number of hydrogen-bond donors (Lipinski definition) is 2. The lowest BCUT2D eigenvalue weighted by Gasteiger charge is -2.23. The van der Waals surface area contributed by atoms with Crippen molar-refractivity contribution < 1.29 is 8.42 Å². The smallest absolute Gasteiger partial charge is 0.241 e. The molecule has 0 amide bonds. The molecule has 0 saturated heterocycles. The van der Waals surface area contributed by atoms with Crippen molar-refractivity contribution in [3.05, 3.63) is 44.6 Å². The Balaban J connectivity index is 1.89. The molecule has 4 nitrogen and oxygen atoms in total. The van der Waals surface area contributed by atoms with Crippen molar-refractivity contribution in [2.24, 2.45) is 0 Å². The molecule has 0 aliphatic heterocycles. The lowest BCUT2D eigenvalue weighted by Crippen LogP contribution is -2.30. The fourth-order valence-corrected chi connectivity index (χ4v) is 5.33. The van der Waals surface area contributed by atoms with Crippen LogP contribution in [0.1, 0.15) is 29.3 Å². The fraction of sp³-hybridized carbons (Fsp3) is 0.286. The number of hydrogen-bond acceptors (Lipinski definition) is 4. The highest BCUT2D eigenvalue weighted by atomic mass is 79.9. The molecule has 112 valence electrons. The van der Waals surface area contributed by atoms with Crippen LogP contribution in [0.2, 0.25) is 0 Å². The average Bonchev–Trinajstić information content (AvgIpc) is 2.91. The van der Waals surface area contributed by atoms with Gasteiger partial charge in [0.05, 0.1) is 4.90 Å². The predicted octanol–water partition coefficient (Wildman–Crippen LogP) is 3.45. The van der Waals surface area contributed by atoms with E-state index in [2.05, 4.69) is 20.7 Å². The van der Waals surface area contributed by atoms with Gasteiger partial charge in [0.25, 0.3) is 0 Å². The SMILES string of the molecule is Nc1ccc(S(=O)(=O)NC2CCCc3sccc32)cc1Br. The summed E-state index contributed by atoms with van der Waals surface area (Å²) >= 11 is 4.96. The topological polar surface area (TPSA) is 72.2 Å². The van der Waals surface area contributed by atoms with Crippen molar-refractivity contribution in [3.8, 4) is 0 Å². The zero-order chi connectivity index (χ0) is 15.0. The third-order valence-electron chi connectivity index (χ3n) is 3.63. The minimum Gasteiger partial charge on any atom is -0.398 e. The van der Waals surface area contributed by atoms with Crippen molar-refractivity contribution >= 4 is 43.0 Å². The van der Waals surface area contributed by atoms with E-state index < -0.39 is 10.0 Å². The van der Waals surface area contributed by atoms with Crippen LogP contribution in [0.3, 0.4) is 0 Å². The molecular weight excluding hydrogens is 372 g/mol. The van der Waals surface area contributed by atoms with Crippen LogP contribution in [0, 0.1) is 0 Å². The summed E-state index contributed by atoms with van der Waals surface area (Å²) in [6, 6.07) is 6.54. The van der Waals surface area contributed by atoms with E-state index in [1.165, 1.54) is 17.0 Å². The molecule has 7 heteroatoms. The second kappa shape index (κ2) is 5.72. The molecule has 1 aliphatic rings. The highest BCUT2D eigenvalue weighted by Gasteiger charge is 2.26. The van der Waals surface area contributed by atoms with Gasteiger partial charge in [0.2, 0.25) is 10.0 Å². The fourth-order valence-electron chi connectivity index (χ4n) is 2.54. The number of aryl methyl sites for hydroxylation is 1. The number of anilines is 1. The second-order valence-corrected chi connectivity index (χ2v) is 8.62. The first-order chi connectivity index (χ1) is 9.97. The van der Waals surface area contributed by atoms with Gasteiger partial charge < -0.3 is 5.73 Å². The van der Waals surface area contributed by atoms with E-state index in [1.807, 2.05) is 11.4 Å². The van der Waals surface area contributed by atoms with Crippen LogP contribution < -0.4 is 10.5 Å². The Labute approximate surface area is 136 Å². The van der Waals surface area contributed by atoms with Crippen LogP contribution in [0.25, 0.3) is 0 Å². The first kappa shape index (κ1) is 15.0. The summed E-state index contributed by atoms with van der Waals surface area (Å²) in [5.41, 5.74) is 7.34. The molecule has 1 heterocycles. The van der Waals surface area contributed by atoms with E-state index in [0.717, 1.165) is 24.8 Å². The monoisotopic (exact) mass is 386 g/mol. The molecule has 3 rings (SSSR count). The van der Waals surface area contributed by atoms with E-state index in [-0.39, 0.29) is 10.9 Å². The number of sulfonamides is 1. The summed E-state index contributed by atoms with van der Waals surface area (Å²) in [5.74, 6) is 0. The van der Waals surface area contributed by atoms with Crippen LogP contribution in [0.4, 0.5) is 5.69 Å². The number of nitrogens with two attached hydrogens (primary N) is 1. The Morgan fingerprint density at radius 1 is 1.33 bits per heavy atom. The molecule has 2 aromatic rings. The number of fused-ring (bicyclic) bond motifs is 1. The summed E-state index contributed by atoms with van der Waals surface area (Å²) in [5, 5.41) is 2.02. The lowest BCUT2D eigenvalue weighted by atomic mass is 9.95. The molecule has 0 bridgehead atoms. The average molecular weight is 387 g/mol. The van der Waals surface area contributed by atoms with Gasteiger partial charge in [-0.1, -0.05) is 0 Å². The number of halogens is 1. The molecule has 1 aliphatic carbocycles. The van der Waals surface area contributed by atoms with E-state index in [0.29, 0.717) is 10.2 Å². The third-order valence-corrected chi connectivity index (χ3v) is 6.78. The van der Waals surface area contributed by atoms with Crippen molar-refractivity contribution in [2.45, 2.75) is 30.2 Å². The molecule has 1 atom stereocenters. The first-order valence-corrected chi connectivity index (χ1v) is 9.76. The maximum Gasteiger partial charge on any atom is 0.241 e. The van der Waals surface area contributed by atoms with Gasteiger partial charge in [-0.15, -0.1) is 11.3 Å². The summed E-state index contributed by atoms with van der Waals surface area (Å²) < 4.78 is 28.5. The Kier molecular flexibility index (Phi) is 4.09. The van der Waals surface area contributed by atoms with Gasteiger partial charge in [0, 0.05) is 21.1 Å². The molecule has 0 radical (unpaired) electrons. The lowest BCUT2D eigenvalue weighted by molar-refractivity contribution is 0.511. The number of nitrogens with one attached hydrogen (secondary N) is 1. The summed E-state index contributed by atoms with van der Waals surface area (Å²) in [6.07, 6.45) is 2.88. The van der Waals surface area contributed by atoms with Crippen molar-refractivity contribution in [1.29, 1.82) is 0 Å². The molecular formula is C14H15BrN2O2S2. The predicted molar refractivity (Wildman–Crippen MR) is 88.9 cm³/mol. The first-order valence-electron chi connectivity index (χ1n) is 6.61. The standard InChI is InChI=1S/C14H15BrN2O2S2/c15-11-8-9(4-5-12(11)16)21(18,19)17-13-2-1-3-14-10(13)6-7-20-14/h4-8,13,17H,1-3,16H2. The largest absolute Gasteiger partial charge is 0.398 e. The summed E-state index contributed by atoms with van der Waals surface area (Å²) in [7, 11) is -3.55. The van der Waals surface area contributed by atoms with Crippen LogP contribution in [0.5, 0.6) is 0 Å². The van der Waals surface area contributed by atoms with Gasteiger partial charge in [0.15, 0.2) is 0 Å². The zero-order valence-electron chi connectivity index (χ0n) is 11.2. The highest BCUT2D eigenvalue weighted by molar-refractivity contribution is 9.10. The van der Waals surface area contributed by atoms with E-state index in [4.69, 9.17) is 5.73 Å². The maximum absolute atomic E-state index is 12.5. The van der Waals surface area contributed by atoms with Gasteiger partial charge in [-0.3, -0.25) is 0 Å². The molecule has 1 aromatic carbocycles. The minimum absolute atomic E-state index is 0.138. The molecule has 3 N–H and O–H groups in total. The van der Waals surface area contributed by atoms with Gasteiger partial charge in [-0.05, 0) is 70.4 Å². The molecule has 21 heavy (non-hydrogen) atoms. The molecule has 1 unspecified atom stereocenters. The van der Waals surface area contributed by atoms with Crippen LogP contribution in [-0.2, 0) is 16.4 Å². The van der Waals surface area contributed by atoms with Gasteiger partial charge in [-0.25, -0.2) is 13.1 Å². The molecule has 1 aromatic heterocycles. The Bertz CT molecular complexity index is 771. The Morgan fingerprint density at radius 3 is 2.90 bits per heavy atom. The second-order valence-electron chi connectivity index (χ2n) is 5.05. The zero-order valence-corrected chi connectivity index (χ0v) is 14.4. The highest BCUT2D eigenvalue weighted by Crippen LogP contribution is 2.34. The Hall–Kier alpha value is -0.890. The number of nitrogen functional groups attached to an aromatic ring is 1. The summed E-state index contributed by atoms with van der Waals surface area (Å²) in [6.45, 7) is 0. The molecule has 0 saturated carbocycles. The normalized spacial score (nSPS) is 18.4. The molecule has 0 spiro atoms. The quantitative estimate of drug-likeness (QED) is 0.793. The van der Waals surface area contributed by atoms with Gasteiger partial charge in [0.1, 0.15) is 0 Å². The van der Waals surface area contributed by atoms with Crippen LogP contribution in [0.15, 0.2) is 39.0 Å². The van der Waals surface area contributed by atoms with Gasteiger partial charge >= 0.3 is 0 Å². The van der Waals surface area contributed by atoms with Crippen LogP contribution >= 0.6 is 27.3 Å². The van der Waals surface area contributed by atoms with Crippen molar-refractivity contribution in [3.63, 3.8) is 0 Å². The number of benzene rings is 1. The van der Waals surface area contributed by atoms with Crippen molar-refractivity contribution in [2.75, 3.05) is 5.73 Å². The van der Waals surface area contributed by atoms with E-state index >= 15 is 0 Å². The van der Waals surface area contributed by atoms with Gasteiger partial charge in [-0.2, -0.15) is 0 Å². The number of thiophene rings is 1. The number of rotatable bonds is 3.